The van der Waals surface area contributed by atoms with Crippen LogP contribution in [0.1, 0.15) is 17.4 Å². The van der Waals surface area contributed by atoms with E-state index in [4.69, 9.17) is 20.0 Å². The maximum Gasteiger partial charge on any atom is 0.176 e. The van der Waals surface area contributed by atoms with E-state index < -0.39 is 6.04 Å². The van der Waals surface area contributed by atoms with Gasteiger partial charge in [0.15, 0.2) is 11.3 Å². The second kappa shape index (κ2) is 4.15. The summed E-state index contributed by atoms with van der Waals surface area (Å²) in [6, 6.07) is 5.24. The minimum atomic E-state index is -0.395. The zero-order chi connectivity index (χ0) is 11.7. The molecule has 4 nitrogen and oxygen atoms in total. The van der Waals surface area contributed by atoms with E-state index in [0.717, 1.165) is 16.7 Å². The molecule has 1 unspecified atom stereocenters. The van der Waals surface area contributed by atoms with Crippen molar-refractivity contribution in [2.24, 2.45) is 5.73 Å². The molecule has 2 rings (SSSR count). The normalized spacial score (nSPS) is 13.0. The summed E-state index contributed by atoms with van der Waals surface area (Å²) in [5.41, 5.74) is 7.34. The van der Waals surface area contributed by atoms with E-state index in [9.17, 15) is 0 Å². The number of aryl methyl sites for hydroxylation is 1. The zero-order valence-corrected chi connectivity index (χ0v) is 9.36. The Hall–Kier alpha value is -1.52. The molecule has 3 N–H and O–H groups in total. The van der Waals surface area contributed by atoms with Gasteiger partial charge in [-0.3, -0.25) is 0 Å². The van der Waals surface area contributed by atoms with Gasteiger partial charge >= 0.3 is 0 Å². The van der Waals surface area contributed by atoms with Crippen molar-refractivity contribution in [1.82, 2.24) is 0 Å². The van der Waals surface area contributed by atoms with Crippen LogP contribution in [0.15, 0.2) is 22.6 Å². The van der Waals surface area contributed by atoms with E-state index in [1.165, 1.54) is 0 Å². The van der Waals surface area contributed by atoms with E-state index in [0.29, 0.717) is 11.3 Å². The van der Waals surface area contributed by atoms with Crippen molar-refractivity contribution in [2.45, 2.75) is 13.0 Å². The van der Waals surface area contributed by atoms with Crippen molar-refractivity contribution >= 4 is 11.0 Å². The lowest BCUT2D eigenvalue weighted by Gasteiger charge is -2.10. The van der Waals surface area contributed by atoms with Crippen molar-refractivity contribution in [2.75, 3.05) is 13.7 Å². The zero-order valence-electron chi connectivity index (χ0n) is 9.36. The third kappa shape index (κ3) is 1.77. The van der Waals surface area contributed by atoms with E-state index in [2.05, 4.69) is 0 Å². The summed E-state index contributed by atoms with van der Waals surface area (Å²) < 4.78 is 10.8. The van der Waals surface area contributed by atoms with Crippen molar-refractivity contribution in [3.05, 3.63) is 29.5 Å². The molecule has 0 aliphatic rings. The topological polar surface area (TPSA) is 68.6 Å². The minimum absolute atomic E-state index is 0.0918. The van der Waals surface area contributed by atoms with Gasteiger partial charge in [-0.25, -0.2) is 0 Å². The van der Waals surface area contributed by atoms with Gasteiger partial charge in [0.2, 0.25) is 0 Å². The maximum absolute atomic E-state index is 9.04. The molecular formula is C12H15NO3. The number of nitrogens with two attached hydrogens (primary N) is 1. The van der Waals surface area contributed by atoms with E-state index in [1.54, 1.807) is 13.2 Å². The van der Waals surface area contributed by atoms with Gasteiger partial charge < -0.3 is 20.0 Å². The summed E-state index contributed by atoms with van der Waals surface area (Å²) in [7, 11) is 1.58. The number of furan rings is 1. The Morgan fingerprint density at radius 3 is 2.81 bits per heavy atom. The molecule has 0 fully saturated rings. The lowest BCUT2D eigenvalue weighted by molar-refractivity contribution is 0.268. The van der Waals surface area contributed by atoms with Crippen LogP contribution in [0.25, 0.3) is 11.0 Å². The Bertz CT molecular complexity index is 504. The molecule has 0 saturated carbocycles. The molecule has 86 valence electrons. The Kier molecular flexibility index (Phi) is 2.85. The van der Waals surface area contributed by atoms with Gasteiger partial charge in [0.05, 0.1) is 19.8 Å². The van der Waals surface area contributed by atoms with Crippen LogP contribution in [0, 0.1) is 6.92 Å². The Morgan fingerprint density at radius 1 is 1.44 bits per heavy atom. The van der Waals surface area contributed by atoms with Crippen molar-refractivity contribution < 1.29 is 14.3 Å². The second-order valence-electron chi connectivity index (χ2n) is 3.79. The van der Waals surface area contributed by atoms with Crippen molar-refractivity contribution in [3.63, 3.8) is 0 Å². The van der Waals surface area contributed by atoms with Crippen LogP contribution >= 0.6 is 0 Å². The fourth-order valence-electron chi connectivity index (χ4n) is 1.74. The van der Waals surface area contributed by atoms with Crippen LogP contribution in [0.5, 0.6) is 5.75 Å². The SMILES string of the molecule is COc1cc(C(N)CO)cc2cc(C)oc12. The number of methoxy groups -OCH3 is 1. The van der Waals surface area contributed by atoms with Gasteiger partial charge in [-0.1, -0.05) is 0 Å². The first-order chi connectivity index (χ1) is 7.65. The third-order valence-corrected chi connectivity index (χ3v) is 2.57. The number of aliphatic hydroxyl groups excluding tert-OH is 1. The maximum atomic E-state index is 9.04. The first-order valence-corrected chi connectivity index (χ1v) is 5.10. The lowest BCUT2D eigenvalue weighted by atomic mass is 10.1. The highest BCUT2D eigenvalue weighted by molar-refractivity contribution is 5.84. The number of fused-ring (bicyclic) bond motifs is 1. The second-order valence-corrected chi connectivity index (χ2v) is 3.79. The number of hydrogen-bond donors (Lipinski definition) is 2. The largest absolute Gasteiger partial charge is 0.493 e. The fraction of sp³-hybridized carbons (Fsp3) is 0.333. The lowest BCUT2D eigenvalue weighted by Crippen LogP contribution is -2.14. The molecule has 0 aliphatic heterocycles. The average Bonchev–Trinajstić information content (AvgIpc) is 2.66. The predicted octanol–water partition coefficient (Wildman–Crippen LogP) is 1.74. The highest BCUT2D eigenvalue weighted by Crippen LogP contribution is 2.31. The first kappa shape index (κ1) is 11.0. The number of rotatable bonds is 3. The Labute approximate surface area is 93.6 Å². The minimum Gasteiger partial charge on any atom is -0.493 e. The first-order valence-electron chi connectivity index (χ1n) is 5.10. The van der Waals surface area contributed by atoms with Crippen LogP contribution < -0.4 is 10.5 Å². The molecule has 0 bridgehead atoms. The molecule has 0 aliphatic carbocycles. The highest BCUT2D eigenvalue weighted by atomic mass is 16.5. The Balaban J connectivity index is 2.62. The standard InChI is InChI=1S/C12H15NO3/c1-7-3-9-4-8(10(13)6-14)5-11(15-2)12(9)16-7/h3-5,10,14H,6,13H2,1-2H3. The molecular weight excluding hydrogens is 206 g/mol. The smallest absolute Gasteiger partial charge is 0.176 e. The van der Waals surface area contributed by atoms with Crippen LogP contribution in [-0.2, 0) is 0 Å². The molecule has 1 aromatic carbocycles. The summed E-state index contributed by atoms with van der Waals surface area (Å²) >= 11 is 0. The molecule has 0 saturated heterocycles. The molecule has 1 atom stereocenters. The quantitative estimate of drug-likeness (QED) is 0.828. The van der Waals surface area contributed by atoms with Gasteiger partial charge in [-0.15, -0.1) is 0 Å². The van der Waals surface area contributed by atoms with E-state index in [-0.39, 0.29) is 6.61 Å². The van der Waals surface area contributed by atoms with Crippen LogP contribution in [0.3, 0.4) is 0 Å². The van der Waals surface area contributed by atoms with E-state index >= 15 is 0 Å². The number of aliphatic hydroxyl groups is 1. The molecule has 1 aromatic heterocycles. The van der Waals surface area contributed by atoms with Gasteiger partial charge in [-0.2, -0.15) is 0 Å². The predicted molar refractivity (Wildman–Crippen MR) is 61.5 cm³/mol. The molecule has 1 heterocycles. The monoisotopic (exact) mass is 221 g/mol. The summed E-state index contributed by atoms with van der Waals surface area (Å²) in [6.07, 6.45) is 0. The molecule has 4 heteroatoms. The number of ether oxygens (including phenoxy) is 1. The highest BCUT2D eigenvalue weighted by Gasteiger charge is 2.12. The third-order valence-electron chi connectivity index (χ3n) is 2.57. The molecule has 0 spiro atoms. The summed E-state index contributed by atoms with van der Waals surface area (Å²) in [5, 5.41) is 9.98. The summed E-state index contributed by atoms with van der Waals surface area (Å²) in [4.78, 5) is 0. The Morgan fingerprint density at radius 2 is 2.19 bits per heavy atom. The number of benzene rings is 1. The van der Waals surface area contributed by atoms with Crippen LogP contribution in [-0.4, -0.2) is 18.8 Å². The molecule has 0 radical (unpaired) electrons. The molecule has 16 heavy (non-hydrogen) atoms. The van der Waals surface area contributed by atoms with Gasteiger partial charge in [-0.05, 0) is 30.7 Å². The van der Waals surface area contributed by atoms with Crippen molar-refractivity contribution in [1.29, 1.82) is 0 Å². The van der Waals surface area contributed by atoms with Gasteiger partial charge in [0, 0.05) is 5.39 Å². The number of hydrogen-bond acceptors (Lipinski definition) is 4. The van der Waals surface area contributed by atoms with Gasteiger partial charge in [0.1, 0.15) is 5.76 Å². The summed E-state index contributed by atoms with van der Waals surface area (Å²) in [6.45, 7) is 1.79. The van der Waals surface area contributed by atoms with Crippen LogP contribution in [0.2, 0.25) is 0 Å². The molecule has 0 amide bonds. The van der Waals surface area contributed by atoms with E-state index in [1.807, 2.05) is 19.1 Å². The average molecular weight is 221 g/mol. The van der Waals surface area contributed by atoms with Gasteiger partial charge in [0.25, 0.3) is 0 Å². The molecule has 2 aromatic rings. The van der Waals surface area contributed by atoms with Crippen LogP contribution in [0.4, 0.5) is 0 Å². The summed E-state index contributed by atoms with van der Waals surface area (Å²) in [5.74, 6) is 1.47. The van der Waals surface area contributed by atoms with Crippen molar-refractivity contribution in [3.8, 4) is 5.75 Å². The fourth-order valence-corrected chi connectivity index (χ4v) is 1.74.